The van der Waals surface area contributed by atoms with Crippen LogP contribution in [-0.2, 0) is 4.74 Å². The molecule has 1 saturated heterocycles. The molecule has 2 rings (SSSR count). The molecule has 4 nitrogen and oxygen atoms in total. The van der Waals surface area contributed by atoms with Crippen molar-refractivity contribution in [2.75, 3.05) is 20.3 Å². The van der Waals surface area contributed by atoms with Gasteiger partial charge in [0.05, 0.1) is 25.9 Å². The third-order valence-electron chi connectivity index (χ3n) is 2.20. The van der Waals surface area contributed by atoms with Gasteiger partial charge in [0.15, 0.2) is 0 Å². The Bertz CT molecular complexity index is 393. The van der Waals surface area contributed by atoms with Gasteiger partial charge >= 0.3 is 0 Å². The number of ether oxygens (including phenoxy) is 3. The number of hydrogen-bond acceptors (Lipinski definition) is 4. The number of rotatable bonds is 3. The first-order valence-corrected chi connectivity index (χ1v) is 4.66. The molecule has 15 heavy (non-hydrogen) atoms. The van der Waals surface area contributed by atoms with E-state index in [2.05, 4.69) is 0 Å². The second-order valence-electron chi connectivity index (χ2n) is 3.25. The Morgan fingerprint density at radius 2 is 2.27 bits per heavy atom. The highest BCUT2D eigenvalue weighted by molar-refractivity contribution is 5.47. The molecule has 0 bridgehead atoms. The van der Waals surface area contributed by atoms with Crippen LogP contribution < -0.4 is 9.47 Å². The van der Waals surface area contributed by atoms with Gasteiger partial charge in [0.1, 0.15) is 23.7 Å². The number of nitriles is 1. The minimum Gasteiger partial charge on any atom is -0.495 e. The van der Waals surface area contributed by atoms with E-state index in [0.29, 0.717) is 30.3 Å². The van der Waals surface area contributed by atoms with Crippen LogP contribution in [0.25, 0.3) is 0 Å². The third kappa shape index (κ3) is 2.03. The Hall–Kier alpha value is -1.73. The molecule has 1 aliphatic heterocycles. The summed E-state index contributed by atoms with van der Waals surface area (Å²) in [6, 6.07) is 7.22. The lowest BCUT2D eigenvalue weighted by Gasteiger charge is -2.26. The summed E-state index contributed by atoms with van der Waals surface area (Å²) in [4.78, 5) is 0. The predicted molar refractivity (Wildman–Crippen MR) is 52.9 cm³/mol. The molecule has 0 aliphatic carbocycles. The lowest BCUT2D eigenvalue weighted by atomic mass is 10.2. The van der Waals surface area contributed by atoms with Gasteiger partial charge in [0, 0.05) is 6.07 Å². The van der Waals surface area contributed by atoms with Gasteiger partial charge in [-0.1, -0.05) is 0 Å². The highest BCUT2D eigenvalue weighted by Gasteiger charge is 2.20. The fourth-order valence-corrected chi connectivity index (χ4v) is 1.31. The molecule has 1 aromatic carbocycles. The van der Waals surface area contributed by atoms with Crippen LogP contribution in [0.1, 0.15) is 5.56 Å². The fraction of sp³-hybridized carbons (Fsp3) is 0.364. The molecule has 1 aliphatic rings. The summed E-state index contributed by atoms with van der Waals surface area (Å²) in [6.45, 7) is 1.25. The third-order valence-corrected chi connectivity index (χ3v) is 2.20. The highest BCUT2D eigenvalue weighted by atomic mass is 16.6. The van der Waals surface area contributed by atoms with Crippen LogP contribution in [0.2, 0.25) is 0 Å². The van der Waals surface area contributed by atoms with E-state index in [9.17, 15) is 0 Å². The predicted octanol–water partition coefficient (Wildman–Crippen LogP) is 1.34. The van der Waals surface area contributed by atoms with Crippen molar-refractivity contribution in [1.82, 2.24) is 0 Å². The van der Waals surface area contributed by atoms with E-state index in [1.54, 1.807) is 18.2 Å². The van der Waals surface area contributed by atoms with Gasteiger partial charge in [-0.15, -0.1) is 0 Å². The first-order valence-electron chi connectivity index (χ1n) is 4.66. The first kappa shape index (κ1) is 9.81. The van der Waals surface area contributed by atoms with E-state index in [0.717, 1.165) is 0 Å². The fourth-order valence-electron chi connectivity index (χ4n) is 1.31. The van der Waals surface area contributed by atoms with Crippen molar-refractivity contribution in [3.05, 3.63) is 23.8 Å². The van der Waals surface area contributed by atoms with Gasteiger partial charge in [-0.05, 0) is 12.1 Å². The molecule has 4 heteroatoms. The standard InChI is InChI=1S/C11H11NO3/c1-13-11-4-9(3-2-8(11)5-12)15-10-6-14-7-10/h2-4,10H,6-7H2,1H3. The molecule has 0 amide bonds. The van der Waals surface area contributed by atoms with Crippen LogP contribution in [-0.4, -0.2) is 26.4 Å². The maximum Gasteiger partial charge on any atom is 0.145 e. The van der Waals surface area contributed by atoms with Gasteiger partial charge in [-0.2, -0.15) is 5.26 Å². The summed E-state index contributed by atoms with van der Waals surface area (Å²) in [7, 11) is 1.53. The maximum absolute atomic E-state index is 8.79. The van der Waals surface area contributed by atoms with Crippen LogP contribution in [0.4, 0.5) is 0 Å². The van der Waals surface area contributed by atoms with Gasteiger partial charge in [-0.3, -0.25) is 0 Å². The van der Waals surface area contributed by atoms with Crippen LogP contribution in [0.5, 0.6) is 11.5 Å². The average Bonchev–Trinajstić information content (AvgIpc) is 2.23. The number of benzene rings is 1. The van der Waals surface area contributed by atoms with Gasteiger partial charge < -0.3 is 14.2 Å². The number of methoxy groups -OCH3 is 1. The van der Waals surface area contributed by atoms with Crippen LogP contribution in [0.3, 0.4) is 0 Å². The molecule has 1 heterocycles. The molecule has 1 fully saturated rings. The Morgan fingerprint density at radius 1 is 1.47 bits per heavy atom. The quantitative estimate of drug-likeness (QED) is 0.747. The summed E-state index contributed by atoms with van der Waals surface area (Å²) in [5.74, 6) is 1.24. The molecule has 0 atom stereocenters. The van der Waals surface area contributed by atoms with Crippen molar-refractivity contribution in [3.63, 3.8) is 0 Å². The molecule has 0 N–H and O–H groups in total. The summed E-state index contributed by atoms with van der Waals surface area (Å²) in [5.41, 5.74) is 0.509. The molecular formula is C11H11NO3. The molecule has 0 aromatic heterocycles. The smallest absolute Gasteiger partial charge is 0.145 e. The minimum absolute atomic E-state index is 0.127. The van der Waals surface area contributed by atoms with E-state index in [1.807, 2.05) is 6.07 Å². The molecule has 0 spiro atoms. The second-order valence-corrected chi connectivity index (χ2v) is 3.25. The summed E-state index contributed by atoms with van der Waals surface area (Å²) in [6.07, 6.45) is 0.127. The monoisotopic (exact) mass is 205 g/mol. The van der Waals surface area contributed by atoms with Gasteiger partial charge in [0.25, 0.3) is 0 Å². The number of nitrogens with zero attached hydrogens (tertiary/aromatic N) is 1. The zero-order chi connectivity index (χ0) is 10.7. The van der Waals surface area contributed by atoms with Crippen molar-refractivity contribution < 1.29 is 14.2 Å². The summed E-state index contributed by atoms with van der Waals surface area (Å²) >= 11 is 0. The lowest BCUT2D eigenvalue weighted by Crippen LogP contribution is -2.38. The van der Waals surface area contributed by atoms with Crippen molar-refractivity contribution in [2.45, 2.75) is 6.10 Å². The Morgan fingerprint density at radius 3 is 2.80 bits per heavy atom. The van der Waals surface area contributed by atoms with Crippen molar-refractivity contribution in [2.24, 2.45) is 0 Å². The second kappa shape index (κ2) is 4.20. The molecule has 0 radical (unpaired) electrons. The molecule has 78 valence electrons. The van der Waals surface area contributed by atoms with Crippen molar-refractivity contribution >= 4 is 0 Å². The van der Waals surface area contributed by atoms with Crippen molar-refractivity contribution in [3.8, 4) is 17.6 Å². The maximum atomic E-state index is 8.79. The van der Waals surface area contributed by atoms with E-state index in [1.165, 1.54) is 7.11 Å². The largest absolute Gasteiger partial charge is 0.495 e. The van der Waals surface area contributed by atoms with Crippen LogP contribution in [0, 0.1) is 11.3 Å². The van der Waals surface area contributed by atoms with Gasteiger partial charge in [0.2, 0.25) is 0 Å². The van der Waals surface area contributed by atoms with Crippen LogP contribution >= 0.6 is 0 Å². The van der Waals surface area contributed by atoms with Crippen molar-refractivity contribution in [1.29, 1.82) is 5.26 Å². The molecule has 0 unspecified atom stereocenters. The lowest BCUT2D eigenvalue weighted by molar-refractivity contribution is -0.0797. The van der Waals surface area contributed by atoms with Gasteiger partial charge in [-0.25, -0.2) is 0 Å². The van der Waals surface area contributed by atoms with Crippen LogP contribution in [0.15, 0.2) is 18.2 Å². The normalized spacial score (nSPS) is 15.2. The highest BCUT2D eigenvalue weighted by Crippen LogP contribution is 2.25. The SMILES string of the molecule is COc1cc(OC2COC2)ccc1C#N. The average molecular weight is 205 g/mol. The Labute approximate surface area is 88.0 Å². The minimum atomic E-state index is 0.127. The summed E-state index contributed by atoms with van der Waals surface area (Å²) < 4.78 is 15.7. The zero-order valence-corrected chi connectivity index (χ0v) is 8.40. The summed E-state index contributed by atoms with van der Waals surface area (Å²) in [5, 5.41) is 8.79. The topological polar surface area (TPSA) is 51.5 Å². The molecule has 1 aromatic rings. The molecular weight excluding hydrogens is 194 g/mol. The number of hydrogen-bond donors (Lipinski definition) is 0. The van der Waals surface area contributed by atoms with E-state index in [4.69, 9.17) is 19.5 Å². The van der Waals surface area contributed by atoms with E-state index in [-0.39, 0.29) is 6.10 Å². The molecule has 0 saturated carbocycles. The van der Waals surface area contributed by atoms with E-state index < -0.39 is 0 Å². The van der Waals surface area contributed by atoms with E-state index >= 15 is 0 Å². The Balaban J connectivity index is 2.15. The Kier molecular flexibility index (Phi) is 2.75. The first-order chi connectivity index (χ1) is 7.33. The zero-order valence-electron chi connectivity index (χ0n) is 8.40.